The number of rotatable bonds is 17. The van der Waals surface area contributed by atoms with E-state index in [0.717, 1.165) is 25.7 Å². The molecule has 0 aliphatic carbocycles. The first-order chi connectivity index (χ1) is 27.1. The van der Waals surface area contributed by atoms with Crippen LogP contribution in [0.15, 0.2) is 36.4 Å². The first-order valence-electron chi connectivity index (χ1n) is 19.6. The molecule has 4 bridgehead atoms. The number of benzene rings is 2. The number of ether oxygens (including phenoxy) is 4. The Balaban J connectivity index is 2.01. The highest BCUT2D eigenvalue weighted by Gasteiger charge is 2.35. The molecule has 0 radical (unpaired) electrons. The van der Waals surface area contributed by atoms with E-state index in [9.17, 15) is 28.8 Å². The Bertz CT molecular complexity index is 1710. The lowest BCUT2D eigenvalue weighted by atomic mass is 9.93. The molecule has 57 heavy (non-hydrogen) atoms. The number of alkyl carbamates (subject to hydrolysis) is 1. The van der Waals surface area contributed by atoms with E-state index in [0.29, 0.717) is 59.6 Å². The molecule has 314 valence electrons. The van der Waals surface area contributed by atoms with Crippen LogP contribution in [0.5, 0.6) is 11.5 Å². The van der Waals surface area contributed by atoms with Gasteiger partial charge in [0.1, 0.15) is 35.2 Å². The minimum absolute atomic E-state index is 0.0914. The van der Waals surface area contributed by atoms with Gasteiger partial charge in [-0.2, -0.15) is 0 Å². The molecule has 0 fully saturated rings. The monoisotopic (exact) mass is 795 g/mol. The molecule has 1 aliphatic rings. The lowest BCUT2D eigenvalue weighted by Gasteiger charge is -2.32. The van der Waals surface area contributed by atoms with Crippen molar-refractivity contribution in [3.8, 4) is 22.6 Å². The second-order valence-electron chi connectivity index (χ2n) is 15.1. The smallest absolute Gasteiger partial charge is 0.407 e. The SMILES string of the molecule is CCCCCCCC(=O)N[C@@H](CCCCNC(=O)OC(C)(C)C)C(=O)N(C)C1C(=O)NCC(=O)N[C@H](C(=O)OC)Cc2ccc(OC)c(c2)-c2cc1ccc2OC. The van der Waals surface area contributed by atoms with Crippen molar-refractivity contribution in [2.45, 2.75) is 116 Å². The number of unbranched alkanes of at least 4 members (excludes halogenated alkanes) is 5. The van der Waals surface area contributed by atoms with Crippen molar-refractivity contribution in [1.29, 1.82) is 0 Å². The van der Waals surface area contributed by atoms with Gasteiger partial charge in [-0.1, -0.05) is 44.7 Å². The lowest BCUT2D eigenvalue weighted by molar-refractivity contribution is -0.145. The summed E-state index contributed by atoms with van der Waals surface area (Å²) in [4.78, 5) is 81.2. The van der Waals surface area contributed by atoms with Gasteiger partial charge in [0.2, 0.25) is 23.6 Å². The van der Waals surface area contributed by atoms with Gasteiger partial charge in [-0.15, -0.1) is 0 Å². The summed E-state index contributed by atoms with van der Waals surface area (Å²) in [7, 11) is 5.72. The standard InChI is InChI=1S/C42H61N5O10/c1-9-10-11-12-13-17-35(48)45-31(16-14-15-22-43-41(53)57-42(2,3)4)39(51)47(5)37-28-19-21-34(55-7)30(25-28)29-23-27(18-20-33(29)54-6)24-32(40(52)56-8)46-36(49)26-44-38(37)50/h18-21,23,25,31-32,37H,9-17,22,24,26H2,1-8H3,(H,43,53)(H,44,50)(H,45,48)(H,46,49)/t31-,32-,37?/m0/s1. The summed E-state index contributed by atoms with van der Waals surface area (Å²) in [6, 6.07) is 7.06. The molecule has 3 rings (SSSR count). The minimum atomic E-state index is -1.27. The fourth-order valence-electron chi connectivity index (χ4n) is 6.59. The number of hydrogen-bond acceptors (Lipinski definition) is 10. The van der Waals surface area contributed by atoms with E-state index in [2.05, 4.69) is 28.2 Å². The maximum Gasteiger partial charge on any atom is 0.407 e. The van der Waals surface area contributed by atoms with Crippen LogP contribution >= 0.6 is 0 Å². The summed E-state index contributed by atoms with van der Waals surface area (Å²) in [5.41, 5.74) is 1.57. The van der Waals surface area contributed by atoms with Crippen LogP contribution in [0, 0.1) is 0 Å². The van der Waals surface area contributed by atoms with Gasteiger partial charge in [-0.3, -0.25) is 19.2 Å². The Morgan fingerprint density at radius 2 is 1.56 bits per heavy atom. The fourth-order valence-corrected chi connectivity index (χ4v) is 6.59. The van der Waals surface area contributed by atoms with Crippen molar-refractivity contribution in [2.24, 2.45) is 0 Å². The number of nitrogens with zero attached hydrogens (tertiary/aromatic N) is 1. The van der Waals surface area contributed by atoms with E-state index in [1.807, 2.05) is 6.07 Å². The molecule has 4 N–H and O–H groups in total. The van der Waals surface area contributed by atoms with Crippen LogP contribution in [0.2, 0.25) is 0 Å². The number of amides is 5. The van der Waals surface area contributed by atoms with Crippen molar-refractivity contribution in [3.63, 3.8) is 0 Å². The molecule has 0 spiro atoms. The predicted molar refractivity (Wildman–Crippen MR) is 215 cm³/mol. The van der Waals surface area contributed by atoms with Crippen LogP contribution in [-0.4, -0.2) is 99.7 Å². The van der Waals surface area contributed by atoms with Crippen LogP contribution in [0.25, 0.3) is 11.1 Å². The van der Waals surface area contributed by atoms with Crippen molar-refractivity contribution >= 4 is 35.7 Å². The molecule has 1 aliphatic heterocycles. The van der Waals surface area contributed by atoms with Crippen LogP contribution in [0.4, 0.5) is 4.79 Å². The molecule has 1 unspecified atom stereocenters. The van der Waals surface area contributed by atoms with Gasteiger partial charge in [0.15, 0.2) is 0 Å². The maximum absolute atomic E-state index is 14.5. The van der Waals surface area contributed by atoms with Crippen LogP contribution in [0.3, 0.4) is 0 Å². The van der Waals surface area contributed by atoms with Crippen molar-refractivity contribution < 1.29 is 47.7 Å². The summed E-state index contributed by atoms with van der Waals surface area (Å²) in [5.74, 6) is -1.86. The van der Waals surface area contributed by atoms with Crippen LogP contribution in [-0.2, 0) is 39.9 Å². The highest BCUT2D eigenvalue weighted by molar-refractivity contribution is 5.95. The second-order valence-corrected chi connectivity index (χ2v) is 15.1. The molecule has 0 saturated carbocycles. The topological polar surface area (TPSA) is 191 Å². The number of carbonyl (C=O) groups excluding carboxylic acids is 6. The van der Waals surface area contributed by atoms with Gasteiger partial charge < -0.3 is 45.1 Å². The van der Waals surface area contributed by atoms with Gasteiger partial charge in [-0.05, 0) is 81.8 Å². The molecular formula is C42H61N5O10. The number of hydrogen-bond donors (Lipinski definition) is 4. The number of methoxy groups -OCH3 is 3. The van der Waals surface area contributed by atoms with E-state index in [1.54, 1.807) is 51.1 Å². The highest BCUT2D eigenvalue weighted by atomic mass is 16.6. The Kier molecular flexibility index (Phi) is 18.1. The molecule has 3 atom stereocenters. The normalized spacial score (nSPS) is 16.1. The molecule has 0 aromatic heterocycles. The lowest BCUT2D eigenvalue weighted by Crippen LogP contribution is -2.52. The molecule has 5 amide bonds. The average molecular weight is 796 g/mol. The fraction of sp³-hybridized carbons (Fsp3) is 0.571. The first-order valence-corrected chi connectivity index (χ1v) is 19.6. The second kappa shape index (κ2) is 22.4. The van der Waals surface area contributed by atoms with Crippen LogP contribution < -0.4 is 30.7 Å². The third kappa shape index (κ3) is 14.3. The Hall–Kier alpha value is -5.34. The molecular weight excluding hydrogens is 734 g/mol. The minimum Gasteiger partial charge on any atom is -0.496 e. The first kappa shape index (κ1) is 46.0. The van der Waals surface area contributed by atoms with Gasteiger partial charge in [0.25, 0.3) is 0 Å². The summed E-state index contributed by atoms with van der Waals surface area (Å²) >= 11 is 0. The molecule has 2 aromatic rings. The average Bonchev–Trinajstić information content (AvgIpc) is 3.17. The van der Waals surface area contributed by atoms with Crippen molar-refractivity contribution in [2.75, 3.05) is 41.5 Å². The summed E-state index contributed by atoms with van der Waals surface area (Å²) in [6.07, 6.45) is 5.68. The predicted octanol–water partition coefficient (Wildman–Crippen LogP) is 4.74. The number of esters is 1. The Labute approximate surface area is 336 Å². The number of carbonyl (C=O) groups is 6. The third-order valence-corrected chi connectivity index (χ3v) is 9.49. The number of fused-ring (bicyclic) bond motifs is 5. The quantitative estimate of drug-likeness (QED) is 0.129. The van der Waals surface area contributed by atoms with E-state index in [1.165, 1.54) is 33.3 Å². The van der Waals surface area contributed by atoms with Gasteiger partial charge in [0.05, 0.1) is 27.9 Å². The van der Waals surface area contributed by atoms with Crippen molar-refractivity contribution in [1.82, 2.24) is 26.2 Å². The van der Waals surface area contributed by atoms with Gasteiger partial charge >= 0.3 is 12.1 Å². The maximum atomic E-state index is 14.5. The zero-order valence-corrected chi connectivity index (χ0v) is 34.7. The van der Waals surface area contributed by atoms with E-state index < -0.39 is 60.1 Å². The number of nitrogens with one attached hydrogen (secondary N) is 4. The summed E-state index contributed by atoms with van der Waals surface area (Å²) < 4.78 is 21.7. The van der Waals surface area contributed by atoms with E-state index in [-0.39, 0.29) is 25.2 Å². The Morgan fingerprint density at radius 3 is 2.21 bits per heavy atom. The zero-order chi connectivity index (χ0) is 42.1. The van der Waals surface area contributed by atoms with Crippen LogP contribution in [0.1, 0.15) is 103 Å². The van der Waals surface area contributed by atoms with Crippen molar-refractivity contribution in [3.05, 3.63) is 47.5 Å². The van der Waals surface area contributed by atoms with Gasteiger partial charge in [-0.25, -0.2) is 9.59 Å². The molecule has 15 heteroatoms. The highest BCUT2D eigenvalue weighted by Crippen LogP contribution is 2.39. The summed E-state index contributed by atoms with van der Waals surface area (Å²) in [5, 5.41) is 10.9. The summed E-state index contributed by atoms with van der Waals surface area (Å²) in [6.45, 7) is 7.22. The van der Waals surface area contributed by atoms with E-state index >= 15 is 0 Å². The third-order valence-electron chi connectivity index (χ3n) is 9.49. The largest absolute Gasteiger partial charge is 0.496 e. The molecule has 1 heterocycles. The van der Waals surface area contributed by atoms with Gasteiger partial charge in [0, 0.05) is 37.6 Å². The molecule has 2 aromatic carbocycles. The molecule has 0 saturated heterocycles. The molecule has 15 nitrogen and oxygen atoms in total. The number of likely N-dealkylation sites (N-methyl/N-ethyl adjacent to an activating group) is 1. The Morgan fingerprint density at radius 1 is 0.895 bits per heavy atom. The van der Waals surface area contributed by atoms with E-state index in [4.69, 9.17) is 18.9 Å². The zero-order valence-electron chi connectivity index (χ0n) is 34.7.